The van der Waals surface area contributed by atoms with Gasteiger partial charge in [0.1, 0.15) is 0 Å². The predicted molar refractivity (Wildman–Crippen MR) is 80.1 cm³/mol. The van der Waals surface area contributed by atoms with Crippen LogP contribution in [-0.4, -0.2) is 24.6 Å². The third-order valence-electron chi connectivity index (χ3n) is 4.53. The minimum absolute atomic E-state index is 0.102. The van der Waals surface area contributed by atoms with Gasteiger partial charge >= 0.3 is 0 Å². The van der Waals surface area contributed by atoms with E-state index in [0.29, 0.717) is 13.0 Å². The summed E-state index contributed by atoms with van der Waals surface area (Å²) in [5.74, 6) is 0. The van der Waals surface area contributed by atoms with E-state index in [0.717, 1.165) is 30.4 Å². The summed E-state index contributed by atoms with van der Waals surface area (Å²) in [5.41, 5.74) is 3.82. The Hall–Kier alpha value is -1.79. The van der Waals surface area contributed by atoms with Crippen molar-refractivity contribution in [2.75, 3.05) is 6.26 Å². The molecule has 1 unspecified atom stereocenters. The molecule has 0 saturated heterocycles. The van der Waals surface area contributed by atoms with Crippen molar-refractivity contribution >= 4 is 9.84 Å². The van der Waals surface area contributed by atoms with Crippen LogP contribution in [0, 0.1) is 0 Å². The van der Waals surface area contributed by atoms with Gasteiger partial charge in [0.2, 0.25) is 15.0 Å². The van der Waals surface area contributed by atoms with Gasteiger partial charge in [-0.2, -0.15) is 0 Å². The van der Waals surface area contributed by atoms with Gasteiger partial charge in [-0.15, -0.1) is 0 Å². The smallest absolute Gasteiger partial charge is 0.247 e. The van der Waals surface area contributed by atoms with Crippen molar-refractivity contribution in [1.82, 2.24) is 9.97 Å². The number of hydrogen-bond donors (Lipinski definition) is 0. The molecule has 1 aliphatic carbocycles. The number of fused-ring (bicyclic) bond motifs is 3. The largest absolute Gasteiger partial charge is 0.365 e. The molecule has 1 aromatic heterocycles. The van der Waals surface area contributed by atoms with Gasteiger partial charge in [-0.3, -0.25) is 0 Å². The molecule has 1 aromatic carbocycles. The van der Waals surface area contributed by atoms with Gasteiger partial charge < -0.3 is 4.74 Å². The zero-order chi connectivity index (χ0) is 15.4. The van der Waals surface area contributed by atoms with E-state index < -0.39 is 9.84 Å². The van der Waals surface area contributed by atoms with Gasteiger partial charge in [-0.1, -0.05) is 24.3 Å². The number of aryl methyl sites for hydroxylation is 1. The Morgan fingerprint density at radius 3 is 2.86 bits per heavy atom. The molecule has 4 rings (SSSR count). The van der Waals surface area contributed by atoms with Crippen molar-refractivity contribution in [1.29, 1.82) is 0 Å². The predicted octanol–water partition coefficient (Wildman–Crippen LogP) is 1.79. The molecule has 0 N–H and O–H groups in total. The molecule has 0 fully saturated rings. The van der Waals surface area contributed by atoms with E-state index in [2.05, 4.69) is 22.1 Å². The normalized spacial score (nSPS) is 23.3. The van der Waals surface area contributed by atoms with Crippen LogP contribution in [0.15, 0.2) is 35.6 Å². The zero-order valence-electron chi connectivity index (χ0n) is 12.2. The van der Waals surface area contributed by atoms with E-state index in [1.165, 1.54) is 11.1 Å². The fourth-order valence-corrected chi connectivity index (χ4v) is 3.92. The lowest BCUT2D eigenvalue weighted by molar-refractivity contribution is -0.0733. The molecule has 0 radical (unpaired) electrons. The molecule has 6 heteroatoms. The highest BCUT2D eigenvalue weighted by Crippen LogP contribution is 2.45. The van der Waals surface area contributed by atoms with Crippen LogP contribution in [0.1, 0.15) is 28.8 Å². The number of hydrogen-bond acceptors (Lipinski definition) is 5. The van der Waals surface area contributed by atoms with E-state index in [1.807, 2.05) is 12.1 Å². The third-order valence-corrected chi connectivity index (χ3v) is 5.39. The molecule has 2 heterocycles. The Balaban J connectivity index is 1.79. The van der Waals surface area contributed by atoms with Gasteiger partial charge in [0.25, 0.3) is 0 Å². The molecular weight excluding hydrogens is 300 g/mol. The average molecular weight is 316 g/mol. The van der Waals surface area contributed by atoms with Crippen molar-refractivity contribution in [3.05, 3.63) is 52.8 Å². The zero-order valence-corrected chi connectivity index (χ0v) is 13.1. The van der Waals surface area contributed by atoms with Gasteiger partial charge in [0.05, 0.1) is 17.9 Å². The maximum absolute atomic E-state index is 11.7. The first-order valence-corrected chi connectivity index (χ1v) is 9.14. The monoisotopic (exact) mass is 316 g/mol. The van der Waals surface area contributed by atoms with Crippen molar-refractivity contribution in [3.63, 3.8) is 0 Å². The van der Waals surface area contributed by atoms with E-state index >= 15 is 0 Å². The van der Waals surface area contributed by atoms with Crippen molar-refractivity contribution in [2.45, 2.75) is 36.6 Å². The molecule has 1 spiro atoms. The lowest BCUT2D eigenvalue weighted by atomic mass is 9.87. The van der Waals surface area contributed by atoms with Crippen molar-refractivity contribution < 1.29 is 13.2 Å². The highest BCUT2D eigenvalue weighted by molar-refractivity contribution is 7.90. The van der Waals surface area contributed by atoms with Crippen LogP contribution in [0.2, 0.25) is 0 Å². The van der Waals surface area contributed by atoms with E-state index in [9.17, 15) is 8.42 Å². The summed E-state index contributed by atoms with van der Waals surface area (Å²) in [6.07, 6.45) is 5.20. The van der Waals surface area contributed by atoms with Crippen LogP contribution in [0.3, 0.4) is 0 Å². The van der Waals surface area contributed by atoms with Crippen LogP contribution in [0.5, 0.6) is 0 Å². The van der Waals surface area contributed by atoms with Gasteiger partial charge in [0, 0.05) is 24.4 Å². The lowest BCUT2D eigenvalue weighted by Gasteiger charge is -2.35. The first-order chi connectivity index (χ1) is 10.5. The summed E-state index contributed by atoms with van der Waals surface area (Å²) in [5, 5.41) is -0.102. The molecule has 0 amide bonds. The lowest BCUT2D eigenvalue weighted by Crippen LogP contribution is -2.34. The summed E-state index contributed by atoms with van der Waals surface area (Å²) < 4.78 is 29.5. The number of benzene rings is 1. The number of sulfone groups is 1. The summed E-state index contributed by atoms with van der Waals surface area (Å²) in [4.78, 5) is 8.24. The second-order valence-corrected chi connectivity index (χ2v) is 7.92. The van der Waals surface area contributed by atoms with Gasteiger partial charge in [-0.05, 0) is 24.0 Å². The van der Waals surface area contributed by atoms with Crippen LogP contribution < -0.4 is 0 Å². The first kappa shape index (κ1) is 13.8. The Labute approximate surface area is 129 Å². The summed E-state index contributed by atoms with van der Waals surface area (Å²) in [6.45, 7) is 0.424. The van der Waals surface area contributed by atoms with E-state index in [4.69, 9.17) is 4.74 Å². The Morgan fingerprint density at radius 2 is 2.05 bits per heavy atom. The van der Waals surface area contributed by atoms with Gasteiger partial charge in [-0.25, -0.2) is 18.4 Å². The fourth-order valence-electron chi connectivity index (χ4n) is 3.40. The standard InChI is InChI=1S/C16H16N2O3S/c1-22(19,20)15-17-9-12-10-21-16(8-14(12)18-15)7-6-11-4-2-3-5-13(11)16/h2-5,9H,6-8,10H2,1H3. The number of nitrogens with zero attached hydrogens (tertiary/aromatic N) is 2. The van der Waals surface area contributed by atoms with Crippen LogP contribution in [0.4, 0.5) is 0 Å². The van der Waals surface area contributed by atoms with Crippen molar-refractivity contribution in [3.8, 4) is 0 Å². The minimum atomic E-state index is -3.39. The van der Waals surface area contributed by atoms with Crippen LogP contribution >= 0.6 is 0 Å². The van der Waals surface area contributed by atoms with Crippen LogP contribution in [0.25, 0.3) is 0 Å². The SMILES string of the molecule is CS(=O)(=O)c1ncc2c(n1)CC1(CCc3ccccc31)OC2. The molecular formula is C16H16N2O3S. The van der Waals surface area contributed by atoms with E-state index in [-0.39, 0.29) is 10.8 Å². The third kappa shape index (κ3) is 2.06. The summed E-state index contributed by atoms with van der Waals surface area (Å²) >= 11 is 0. The number of aromatic nitrogens is 2. The number of rotatable bonds is 1. The van der Waals surface area contributed by atoms with Crippen molar-refractivity contribution in [2.24, 2.45) is 0 Å². The van der Waals surface area contributed by atoms with Crippen LogP contribution in [-0.2, 0) is 39.6 Å². The Bertz CT molecular complexity index is 863. The first-order valence-electron chi connectivity index (χ1n) is 7.25. The molecule has 0 saturated carbocycles. The summed E-state index contributed by atoms with van der Waals surface area (Å²) in [7, 11) is -3.39. The minimum Gasteiger partial charge on any atom is -0.365 e. The maximum Gasteiger partial charge on any atom is 0.247 e. The second kappa shape index (κ2) is 4.60. The highest BCUT2D eigenvalue weighted by Gasteiger charge is 2.43. The molecule has 114 valence electrons. The maximum atomic E-state index is 11.7. The number of ether oxygens (including phenoxy) is 1. The Morgan fingerprint density at radius 1 is 1.23 bits per heavy atom. The molecule has 1 atom stereocenters. The molecule has 2 aromatic rings. The van der Waals surface area contributed by atoms with E-state index in [1.54, 1.807) is 6.20 Å². The molecule has 1 aliphatic heterocycles. The molecule has 2 aliphatic rings. The van der Waals surface area contributed by atoms with Gasteiger partial charge in [0.15, 0.2) is 0 Å². The topological polar surface area (TPSA) is 69.2 Å². The quantitative estimate of drug-likeness (QED) is 0.750. The molecule has 5 nitrogen and oxygen atoms in total. The Kier molecular flexibility index (Phi) is 2.90. The summed E-state index contributed by atoms with van der Waals surface area (Å²) in [6, 6.07) is 8.29. The molecule has 0 bridgehead atoms. The fraction of sp³-hybridized carbons (Fsp3) is 0.375. The average Bonchev–Trinajstić information content (AvgIpc) is 2.85. The molecule has 22 heavy (non-hydrogen) atoms. The highest BCUT2D eigenvalue weighted by atomic mass is 32.2. The second-order valence-electron chi connectivity index (χ2n) is 6.01.